The van der Waals surface area contributed by atoms with Crippen LogP contribution in [-0.4, -0.2) is 17.1 Å². The van der Waals surface area contributed by atoms with Gasteiger partial charge in [0.15, 0.2) is 5.82 Å². The van der Waals surface area contributed by atoms with E-state index in [-0.39, 0.29) is 0 Å². The van der Waals surface area contributed by atoms with Crippen molar-refractivity contribution in [2.24, 2.45) is 5.84 Å². The van der Waals surface area contributed by atoms with E-state index in [0.717, 1.165) is 15.7 Å². The molecule has 1 aromatic heterocycles. The Morgan fingerprint density at radius 3 is 2.83 bits per heavy atom. The van der Waals surface area contributed by atoms with Gasteiger partial charge in [-0.25, -0.2) is 15.8 Å². The van der Waals surface area contributed by atoms with E-state index in [9.17, 15) is 0 Å². The third-order valence-electron chi connectivity index (χ3n) is 2.30. The normalized spacial score (nSPS) is 10.4. The Labute approximate surface area is 113 Å². The Hall–Kier alpha value is -1.50. The summed E-state index contributed by atoms with van der Waals surface area (Å²) >= 11 is 3.42. The number of benzene rings is 1. The van der Waals surface area contributed by atoms with Crippen LogP contribution >= 0.6 is 15.9 Å². The van der Waals surface area contributed by atoms with E-state index >= 15 is 0 Å². The predicted octanol–water partition coefficient (Wildman–Crippen LogP) is 2.34. The second-order valence-electron chi connectivity index (χ2n) is 3.66. The number of halogens is 1. The number of hydrogen-bond donors (Lipinski definition) is 2. The number of rotatable bonds is 4. The van der Waals surface area contributed by atoms with Crippen LogP contribution in [0.2, 0.25) is 0 Å². The highest BCUT2D eigenvalue weighted by molar-refractivity contribution is 9.10. The Morgan fingerprint density at radius 1 is 1.33 bits per heavy atom. The molecule has 2 aromatic rings. The maximum Gasteiger partial charge on any atom is 0.161 e. The lowest BCUT2D eigenvalue weighted by molar-refractivity contribution is 0.181. The minimum atomic E-state index is 0.415. The third kappa shape index (κ3) is 3.04. The number of aromatic nitrogens is 2. The fraction of sp³-hybridized carbons (Fsp3) is 0.167. The van der Waals surface area contributed by atoms with Gasteiger partial charge in [-0.3, -0.25) is 0 Å². The van der Waals surface area contributed by atoms with Crippen LogP contribution in [0.4, 0.5) is 5.82 Å². The molecule has 94 valence electrons. The first-order chi connectivity index (χ1) is 8.72. The summed E-state index contributed by atoms with van der Waals surface area (Å²) in [6.45, 7) is 0.415. The molecule has 1 heterocycles. The van der Waals surface area contributed by atoms with Gasteiger partial charge in [-0.2, -0.15) is 0 Å². The van der Waals surface area contributed by atoms with Crippen LogP contribution in [-0.2, 0) is 11.3 Å². The lowest BCUT2D eigenvalue weighted by Crippen LogP contribution is -2.10. The molecule has 0 spiro atoms. The number of ether oxygens (including phenoxy) is 1. The van der Waals surface area contributed by atoms with Gasteiger partial charge in [0.05, 0.1) is 12.3 Å². The number of nitrogens with zero attached hydrogens (tertiary/aromatic N) is 2. The molecule has 0 aliphatic heterocycles. The number of nitrogen functional groups attached to an aromatic ring is 1. The molecule has 0 saturated heterocycles. The fourth-order valence-corrected chi connectivity index (χ4v) is 1.95. The topological polar surface area (TPSA) is 73.1 Å². The fourth-order valence-electron chi connectivity index (χ4n) is 1.55. The Morgan fingerprint density at radius 2 is 2.17 bits per heavy atom. The average Bonchev–Trinajstić information content (AvgIpc) is 2.39. The lowest BCUT2D eigenvalue weighted by atomic mass is 10.2. The van der Waals surface area contributed by atoms with Crippen molar-refractivity contribution >= 4 is 21.7 Å². The lowest BCUT2D eigenvalue weighted by Gasteiger charge is -2.07. The van der Waals surface area contributed by atoms with Crippen LogP contribution in [0.5, 0.6) is 0 Å². The predicted molar refractivity (Wildman–Crippen MR) is 73.7 cm³/mol. The zero-order valence-electron chi connectivity index (χ0n) is 9.85. The zero-order valence-corrected chi connectivity index (χ0v) is 11.4. The van der Waals surface area contributed by atoms with Gasteiger partial charge in [0.25, 0.3) is 0 Å². The van der Waals surface area contributed by atoms with Crippen molar-refractivity contribution in [3.05, 3.63) is 40.5 Å². The standard InChI is InChI=1S/C12H13BrN4O/c1-18-7-10-6-11(17-14)16-12(15-10)8-3-2-4-9(13)5-8/h2-6H,7,14H2,1H3,(H,15,16,17). The van der Waals surface area contributed by atoms with E-state index in [0.29, 0.717) is 18.2 Å². The van der Waals surface area contributed by atoms with Crippen molar-refractivity contribution < 1.29 is 4.74 Å². The maximum absolute atomic E-state index is 5.40. The monoisotopic (exact) mass is 308 g/mol. The van der Waals surface area contributed by atoms with Gasteiger partial charge in [0.1, 0.15) is 5.82 Å². The molecule has 5 nitrogen and oxygen atoms in total. The van der Waals surface area contributed by atoms with E-state index in [1.807, 2.05) is 24.3 Å². The first-order valence-corrected chi connectivity index (χ1v) is 6.11. The molecule has 18 heavy (non-hydrogen) atoms. The second-order valence-corrected chi connectivity index (χ2v) is 4.57. The first kappa shape index (κ1) is 12.9. The first-order valence-electron chi connectivity index (χ1n) is 5.32. The summed E-state index contributed by atoms with van der Waals surface area (Å²) in [7, 11) is 1.62. The Bertz CT molecular complexity index is 547. The van der Waals surface area contributed by atoms with Gasteiger partial charge in [-0.15, -0.1) is 0 Å². The molecule has 0 atom stereocenters. The molecular formula is C12H13BrN4O. The smallest absolute Gasteiger partial charge is 0.161 e. The highest BCUT2D eigenvalue weighted by atomic mass is 79.9. The molecular weight excluding hydrogens is 296 g/mol. The maximum atomic E-state index is 5.40. The van der Waals surface area contributed by atoms with Crippen molar-refractivity contribution in [3.63, 3.8) is 0 Å². The van der Waals surface area contributed by atoms with Gasteiger partial charge < -0.3 is 10.2 Å². The van der Waals surface area contributed by atoms with E-state index in [4.69, 9.17) is 10.6 Å². The quantitative estimate of drug-likeness (QED) is 0.670. The highest BCUT2D eigenvalue weighted by Gasteiger charge is 2.06. The van der Waals surface area contributed by atoms with Crippen LogP contribution in [0.1, 0.15) is 5.69 Å². The van der Waals surface area contributed by atoms with Crippen molar-refractivity contribution in [1.29, 1.82) is 0 Å². The molecule has 0 aliphatic rings. The third-order valence-corrected chi connectivity index (χ3v) is 2.80. The second kappa shape index (κ2) is 5.90. The van der Waals surface area contributed by atoms with Crippen LogP contribution in [0, 0.1) is 0 Å². The molecule has 3 N–H and O–H groups in total. The van der Waals surface area contributed by atoms with Crippen molar-refractivity contribution in [2.75, 3.05) is 12.5 Å². The van der Waals surface area contributed by atoms with E-state index in [1.54, 1.807) is 13.2 Å². The molecule has 1 aromatic carbocycles. The van der Waals surface area contributed by atoms with Gasteiger partial charge >= 0.3 is 0 Å². The summed E-state index contributed by atoms with van der Waals surface area (Å²) in [5, 5.41) is 0. The van der Waals surface area contributed by atoms with Gasteiger partial charge in [-0.1, -0.05) is 28.1 Å². The molecule has 6 heteroatoms. The molecule has 0 bridgehead atoms. The van der Waals surface area contributed by atoms with Gasteiger partial charge in [0.2, 0.25) is 0 Å². The molecule has 2 rings (SSSR count). The highest BCUT2D eigenvalue weighted by Crippen LogP contribution is 2.21. The van der Waals surface area contributed by atoms with Crippen molar-refractivity contribution in [3.8, 4) is 11.4 Å². The molecule has 0 fully saturated rings. The van der Waals surface area contributed by atoms with Crippen LogP contribution in [0.25, 0.3) is 11.4 Å². The number of methoxy groups -OCH3 is 1. The zero-order chi connectivity index (χ0) is 13.0. The number of hydrogen-bond acceptors (Lipinski definition) is 5. The Kier molecular flexibility index (Phi) is 4.24. The van der Waals surface area contributed by atoms with Gasteiger partial charge in [-0.05, 0) is 12.1 Å². The summed E-state index contributed by atoms with van der Waals surface area (Å²) in [5.74, 6) is 6.57. The largest absolute Gasteiger partial charge is 0.378 e. The summed E-state index contributed by atoms with van der Waals surface area (Å²) < 4.78 is 6.05. The SMILES string of the molecule is COCc1cc(NN)nc(-c2cccc(Br)c2)n1. The number of nitrogens with one attached hydrogen (secondary N) is 1. The molecule has 0 aliphatic carbocycles. The molecule has 0 saturated carbocycles. The summed E-state index contributed by atoms with van der Waals surface area (Å²) in [4.78, 5) is 8.75. The van der Waals surface area contributed by atoms with E-state index in [2.05, 4.69) is 31.3 Å². The van der Waals surface area contributed by atoms with Crippen LogP contribution in [0.15, 0.2) is 34.8 Å². The number of hydrazine groups is 1. The summed E-state index contributed by atoms with van der Waals surface area (Å²) in [5.41, 5.74) is 4.22. The van der Waals surface area contributed by atoms with E-state index in [1.165, 1.54) is 0 Å². The van der Waals surface area contributed by atoms with Crippen molar-refractivity contribution in [1.82, 2.24) is 9.97 Å². The minimum Gasteiger partial charge on any atom is -0.378 e. The van der Waals surface area contributed by atoms with E-state index < -0.39 is 0 Å². The van der Waals surface area contributed by atoms with Crippen LogP contribution in [0.3, 0.4) is 0 Å². The molecule has 0 amide bonds. The average molecular weight is 309 g/mol. The van der Waals surface area contributed by atoms with Crippen molar-refractivity contribution in [2.45, 2.75) is 6.61 Å². The summed E-state index contributed by atoms with van der Waals surface area (Å²) in [6.07, 6.45) is 0. The molecule has 0 unspecified atom stereocenters. The van der Waals surface area contributed by atoms with Gasteiger partial charge in [0, 0.05) is 23.2 Å². The minimum absolute atomic E-state index is 0.415. The summed E-state index contributed by atoms with van der Waals surface area (Å²) in [6, 6.07) is 9.53. The van der Waals surface area contributed by atoms with Crippen LogP contribution < -0.4 is 11.3 Å². The molecule has 0 radical (unpaired) electrons. The number of anilines is 1. The number of nitrogens with two attached hydrogens (primary N) is 1. The Balaban J connectivity index is 2.46.